The van der Waals surface area contributed by atoms with Gasteiger partial charge in [0.15, 0.2) is 5.96 Å². The first-order valence-corrected chi connectivity index (χ1v) is 11.0. The highest BCUT2D eigenvalue weighted by Gasteiger charge is 2.24. The Morgan fingerprint density at radius 3 is 2.73 bits per heavy atom. The lowest BCUT2D eigenvalue weighted by atomic mass is 10.0. The predicted octanol–water partition coefficient (Wildman–Crippen LogP) is 2.80. The van der Waals surface area contributed by atoms with Crippen molar-refractivity contribution >= 4 is 23.2 Å². The Kier molecular flexibility index (Phi) is 6.52. The molecule has 1 fully saturated rings. The van der Waals surface area contributed by atoms with E-state index in [1.165, 1.54) is 11.3 Å². The van der Waals surface area contributed by atoms with E-state index in [0.717, 1.165) is 57.1 Å². The zero-order valence-electron chi connectivity index (χ0n) is 17.7. The Labute approximate surface area is 179 Å². The van der Waals surface area contributed by atoms with E-state index in [1.807, 2.05) is 36.1 Å². The zero-order chi connectivity index (χ0) is 20.8. The SMILES string of the molecule is CCNC(=NCC(=O)N1CCCc2ccccc21)NC1CCN(c2ccccc2)C1. The lowest BCUT2D eigenvalue weighted by Crippen LogP contribution is -2.45. The molecule has 0 radical (unpaired) electrons. The van der Waals surface area contributed by atoms with Gasteiger partial charge in [-0.2, -0.15) is 0 Å². The highest BCUT2D eigenvalue weighted by Crippen LogP contribution is 2.26. The third kappa shape index (κ3) is 4.75. The number of rotatable bonds is 5. The van der Waals surface area contributed by atoms with E-state index in [0.29, 0.717) is 6.04 Å². The van der Waals surface area contributed by atoms with Crippen molar-refractivity contribution in [2.75, 3.05) is 42.5 Å². The number of aryl methyl sites for hydroxylation is 1. The number of hydrogen-bond donors (Lipinski definition) is 2. The number of nitrogens with zero attached hydrogens (tertiary/aromatic N) is 3. The van der Waals surface area contributed by atoms with Crippen LogP contribution in [0.2, 0.25) is 0 Å². The third-order valence-corrected chi connectivity index (χ3v) is 5.78. The summed E-state index contributed by atoms with van der Waals surface area (Å²) in [6.07, 6.45) is 3.09. The van der Waals surface area contributed by atoms with Crippen LogP contribution < -0.4 is 20.4 Å². The average Bonchev–Trinajstić information content (AvgIpc) is 3.26. The second-order valence-electron chi connectivity index (χ2n) is 7.88. The molecule has 2 aromatic carbocycles. The van der Waals surface area contributed by atoms with Gasteiger partial charge in [-0.1, -0.05) is 36.4 Å². The molecule has 1 atom stereocenters. The van der Waals surface area contributed by atoms with Crippen molar-refractivity contribution in [3.05, 3.63) is 60.2 Å². The van der Waals surface area contributed by atoms with Crippen LogP contribution in [0.3, 0.4) is 0 Å². The minimum atomic E-state index is 0.0525. The molecule has 158 valence electrons. The van der Waals surface area contributed by atoms with Gasteiger partial charge in [0, 0.05) is 43.6 Å². The molecule has 1 amide bonds. The van der Waals surface area contributed by atoms with Gasteiger partial charge in [-0.3, -0.25) is 4.79 Å². The van der Waals surface area contributed by atoms with Gasteiger partial charge in [-0.15, -0.1) is 0 Å². The monoisotopic (exact) mass is 405 g/mol. The van der Waals surface area contributed by atoms with Crippen LogP contribution in [0.25, 0.3) is 0 Å². The molecule has 4 rings (SSSR count). The molecule has 0 aromatic heterocycles. The number of hydrogen-bond acceptors (Lipinski definition) is 3. The molecule has 2 N–H and O–H groups in total. The van der Waals surface area contributed by atoms with Crippen molar-refractivity contribution in [3.8, 4) is 0 Å². The van der Waals surface area contributed by atoms with Gasteiger partial charge < -0.3 is 20.4 Å². The summed E-state index contributed by atoms with van der Waals surface area (Å²) in [5.41, 5.74) is 3.54. The van der Waals surface area contributed by atoms with Crippen LogP contribution in [0.15, 0.2) is 59.6 Å². The second kappa shape index (κ2) is 9.65. The van der Waals surface area contributed by atoms with E-state index in [-0.39, 0.29) is 12.5 Å². The number of nitrogens with one attached hydrogen (secondary N) is 2. The molecule has 6 nitrogen and oxygen atoms in total. The molecule has 2 aliphatic heterocycles. The predicted molar refractivity (Wildman–Crippen MR) is 123 cm³/mol. The Hall–Kier alpha value is -3.02. The fourth-order valence-corrected chi connectivity index (χ4v) is 4.29. The van der Waals surface area contributed by atoms with Crippen molar-refractivity contribution in [1.29, 1.82) is 0 Å². The van der Waals surface area contributed by atoms with Crippen LogP contribution in [-0.4, -0.2) is 50.6 Å². The van der Waals surface area contributed by atoms with Crippen molar-refractivity contribution < 1.29 is 4.79 Å². The maximum Gasteiger partial charge on any atom is 0.248 e. The van der Waals surface area contributed by atoms with Crippen LogP contribution in [-0.2, 0) is 11.2 Å². The fraction of sp³-hybridized carbons (Fsp3) is 0.417. The number of amides is 1. The number of para-hydroxylation sites is 2. The molecule has 0 bridgehead atoms. The number of guanidine groups is 1. The lowest BCUT2D eigenvalue weighted by molar-refractivity contribution is -0.117. The summed E-state index contributed by atoms with van der Waals surface area (Å²) >= 11 is 0. The summed E-state index contributed by atoms with van der Waals surface area (Å²) in [5.74, 6) is 0.771. The summed E-state index contributed by atoms with van der Waals surface area (Å²) in [7, 11) is 0. The summed E-state index contributed by atoms with van der Waals surface area (Å²) in [6, 6.07) is 19.0. The largest absolute Gasteiger partial charge is 0.369 e. The summed E-state index contributed by atoms with van der Waals surface area (Å²) in [5, 5.41) is 6.81. The molecule has 0 saturated carbocycles. The standard InChI is InChI=1S/C24H31N5O/c1-2-25-24(27-20-14-16-28(18-20)21-11-4-3-5-12-21)26-17-23(30)29-15-8-10-19-9-6-7-13-22(19)29/h3-7,9,11-13,20H,2,8,10,14-18H2,1H3,(H2,25,26,27). The molecule has 2 aliphatic rings. The Balaban J connectivity index is 1.37. The van der Waals surface area contributed by atoms with E-state index >= 15 is 0 Å². The van der Waals surface area contributed by atoms with E-state index in [9.17, 15) is 4.79 Å². The molecule has 1 unspecified atom stereocenters. The molecule has 2 heterocycles. The summed E-state index contributed by atoms with van der Waals surface area (Å²) in [4.78, 5) is 21.8. The topological polar surface area (TPSA) is 60.0 Å². The van der Waals surface area contributed by atoms with E-state index in [1.54, 1.807) is 0 Å². The van der Waals surface area contributed by atoms with Gasteiger partial charge in [0.2, 0.25) is 5.91 Å². The highest BCUT2D eigenvalue weighted by molar-refractivity contribution is 5.97. The van der Waals surface area contributed by atoms with E-state index < -0.39 is 0 Å². The quantitative estimate of drug-likeness (QED) is 0.593. The van der Waals surface area contributed by atoms with E-state index in [2.05, 4.69) is 50.9 Å². The van der Waals surface area contributed by atoms with Crippen LogP contribution in [0.4, 0.5) is 11.4 Å². The first-order valence-electron chi connectivity index (χ1n) is 11.0. The number of anilines is 2. The third-order valence-electron chi connectivity index (χ3n) is 5.78. The van der Waals surface area contributed by atoms with Gasteiger partial charge in [-0.25, -0.2) is 4.99 Å². The van der Waals surface area contributed by atoms with Crippen molar-refractivity contribution in [3.63, 3.8) is 0 Å². The lowest BCUT2D eigenvalue weighted by Gasteiger charge is -2.29. The Bertz CT molecular complexity index is 882. The smallest absolute Gasteiger partial charge is 0.248 e. The Morgan fingerprint density at radius 1 is 1.10 bits per heavy atom. The van der Waals surface area contributed by atoms with Gasteiger partial charge in [0.1, 0.15) is 6.54 Å². The van der Waals surface area contributed by atoms with Crippen LogP contribution in [0.5, 0.6) is 0 Å². The summed E-state index contributed by atoms with van der Waals surface area (Å²) < 4.78 is 0. The molecule has 30 heavy (non-hydrogen) atoms. The Morgan fingerprint density at radius 2 is 1.90 bits per heavy atom. The first kappa shape index (κ1) is 20.3. The molecular formula is C24H31N5O. The van der Waals surface area contributed by atoms with Gasteiger partial charge in [0.05, 0.1) is 0 Å². The van der Waals surface area contributed by atoms with Crippen molar-refractivity contribution in [1.82, 2.24) is 10.6 Å². The molecule has 0 aliphatic carbocycles. The molecule has 6 heteroatoms. The maximum absolute atomic E-state index is 12.9. The molecular weight excluding hydrogens is 374 g/mol. The normalized spacial score (nSPS) is 18.8. The first-order chi connectivity index (χ1) is 14.7. The molecule has 2 aromatic rings. The number of benzene rings is 2. The highest BCUT2D eigenvalue weighted by atomic mass is 16.2. The van der Waals surface area contributed by atoms with Crippen LogP contribution in [0, 0.1) is 0 Å². The second-order valence-corrected chi connectivity index (χ2v) is 7.88. The molecule has 0 spiro atoms. The van der Waals surface area contributed by atoms with Crippen LogP contribution >= 0.6 is 0 Å². The van der Waals surface area contributed by atoms with Gasteiger partial charge in [0.25, 0.3) is 0 Å². The van der Waals surface area contributed by atoms with Gasteiger partial charge in [-0.05, 0) is 49.9 Å². The van der Waals surface area contributed by atoms with Gasteiger partial charge >= 0.3 is 0 Å². The minimum absolute atomic E-state index is 0.0525. The summed E-state index contributed by atoms with van der Waals surface area (Å²) in [6.45, 7) is 5.68. The average molecular weight is 406 g/mol. The fourth-order valence-electron chi connectivity index (χ4n) is 4.29. The number of carbonyl (C=O) groups is 1. The minimum Gasteiger partial charge on any atom is -0.369 e. The number of fused-ring (bicyclic) bond motifs is 1. The molecule has 1 saturated heterocycles. The van der Waals surface area contributed by atoms with Crippen molar-refractivity contribution in [2.45, 2.75) is 32.2 Å². The van der Waals surface area contributed by atoms with Crippen molar-refractivity contribution in [2.24, 2.45) is 4.99 Å². The maximum atomic E-state index is 12.9. The number of aliphatic imine (C=N–C) groups is 1. The zero-order valence-corrected chi connectivity index (χ0v) is 17.7. The van der Waals surface area contributed by atoms with Crippen LogP contribution in [0.1, 0.15) is 25.3 Å². The number of carbonyl (C=O) groups excluding carboxylic acids is 1. The van der Waals surface area contributed by atoms with E-state index in [4.69, 9.17) is 0 Å².